The third kappa shape index (κ3) is 6.70. The standard InChI is InChI=1S/C26H34F3N3O3S/c1-2-35-25(34)18-5-8-20(9-6-18)30-24(33)4-3-11-31-12-14-32(15-13-31)22-17-36-23-16-19(26(27,28)29)7-10-21(22)23/h7,10,16-18,20H,2-6,8-9,11-15H2,1H3,(H,30,33)/t18-,20-. The minimum Gasteiger partial charge on any atom is -0.466 e. The molecule has 2 aliphatic rings. The van der Waals surface area contributed by atoms with Gasteiger partial charge in [-0.25, -0.2) is 0 Å². The molecule has 1 aromatic heterocycles. The Labute approximate surface area is 213 Å². The van der Waals surface area contributed by atoms with Crippen LogP contribution in [0.15, 0.2) is 23.6 Å². The molecule has 1 amide bonds. The van der Waals surface area contributed by atoms with E-state index in [1.54, 1.807) is 6.07 Å². The highest BCUT2D eigenvalue weighted by Gasteiger charge is 2.31. The van der Waals surface area contributed by atoms with Gasteiger partial charge < -0.3 is 15.0 Å². The van der Waals surface area contributed by atoms with Crippen molar-refractivity contribution in [1.29, 1.82) is 0 Å². The van der Waals surface area contributed by atoms with E-state index >= 15 is 0 Å². The SMILES string of the molecule is CCOC(=O)[C@H]1CC[C@H](NC(=O)CCCN2CCN(c3csc4cc(C(F)(F)F)ccc34)CC2)CC1. The van der Waals surface area contributed by atoms with E-state index in [4.69, 9.17) is 4.74 Å². The molecule has 0 bridgehead atoms. The number of amides is 1. The molecule has 2 aromatic rings. The summed E-state index contributed by atoms with van der Waals surface area (Å²) in [4.78, 5) is 28.8. The topological polar surface area (TPSA) is 61.9 Å². The summed E-state index contributed by atoms with van der Waals surface area (Å²) in [5.41, 5.74) is 0.391. The number of nitrogens with zero attached hydrogens (tertiary/aromatic N) is 2. The first-order valence-electron chi connectivity index (χ1n) is 12.8. The molecule has 1 aliphatic heterocycles. The minimum absolute atomic E-state index is 0.0406. The smallest absolute Gasteiger partial charge is 0.416 e. The molecular weight excluding hydrogens is 491 g/mol. The maximum atomic E-state index is 13.0. The van der Waals surface area contributed by atoms with E-state index in [1.165, 1.54) is 17.4 Å². The van der Waals surface area contributed by atoms with Crippen LogP contribution in [0.2, 0.25) is 0 Å². The van der Waals surface area contributed by atoms with Gasteiger partial charge in [0.1, 0.15) is 0 Å². The number of carbonyl (C=O) groups is 2. The highest BCUT2D eigenvalue weighted by Crippen LogP contribution is 2.38. The molecule has 0 spiro atoms. The molecule has 2 heterocycles. The Balaban J connectivity index is 1.16. The number of esters is 1. The number of hydrogen-bond donors (Lipinski definition) is 1. The van der Waals surface area contributed by atoms with E-state index in [-0.39, 0.29) is 23.8 Å². The Kier molecular flexibility index (Phi) is 8.77. The second-order valence-corrected chi connectivity index (χ2v) is 10.5. The maximum Gasteiger partial charge on any atom is 0.416 e. The largest absolute Gasteiger partial charge is 0.466 e. The van der Waals surface area contributed by atoms with Gasteiger partial charge in [-0.15, -0.1) is 11.3 Å². The molecule has 1 aromatic carbocycles. The lowest BCUT2D eigenvalue weighted by atomic mass is 9.86. The molecule has 0 radical (unpaired) electrons. The number of ether oxygens (including phenoxy) is 1. The average Bonchev–Trinajstić information content (AvgIpc) is 3.28. The number of benzene rings is 1. The Bertz CT molecular complexity index is 1040. The summed E-state index contributed by atoms with van der Waals surface area (Å²) in [5.74, 6) is -0.0949. The minimum atomic E-state index is -4.33. The lowest BCUT2D eigenvalue weighted by Gasteiger charge is -2.36. The van der Waals surface area contributed by atoms with Crippen LogP contribution in [-0.2, 0) is 20.5 Å². The van der Waals surface area contributed by atoms with E-state index in [2.05, 4.69) is 15.1 Å². The Morgan fingerprint density at radius 1 is 1.11 bits per heavy atom. The number of carbonyl (C=O) groups excluding carboxylic acids is 2. The summed E-state index contributed by atoms with van der Waals surface area (Å²) in [5, 5.41) is 5.94. The predicted molar refractivity (Wildman–Crippen MR) is 135 cm³/mol. The molecule has 6 nitrogen and oxygen atoms in total. The van der Waals surface area contributed by atoms with Gasteiger partial charge in [-0.1, -0.05) is 6.07 Å². The van der Waals surface area contributed by atoms with Gasteiger partial charge in [0.05, 0.1) is 23.8 Å². The first-order valence-corrected chi connectivity index (χ1v) is 13.6. The fraction of sp³-hybridized carbons (Fsp3) is 0.615. The van der Waals surface area contributed by atoms with Crippen LogP contribution < -0.4 is 10.2 Å². The lowest BCUT2D eigenvalue weighted by Crippen LogP contribution is -2.46. The van der Waals surface area contributed by atoms with E-state index < -0.39 is 11.7 Å². The van der Waals surface area contributed by atoms with Crippen LogP contribution in [0.25, 0.3) is 10.1 Å². The number of fused-ring (bicyclic) bond motifs is 1. The summed E-state index contributed by atoms with van der Waals surface area (Å²) in [7, 11) is 0. The van der Waals surface area contributed by atoms with Crippen LogP contribution in [0.4, 0.5) is 18.9 Å². The van der Waals surface area contributed by atoms with Gasteiger partial charge in [0, 0.05) is 54.1 Å². The summed E-state index contributed by atoms with van der Waals surface area (Å²) >= 11 is 1.35. The Hall–Kier alpha value is -2.33. The zero-order valence-electron chi connectivity index (χ0n) is 20.6. The van der Waals surface area contributed by atoms with Crippen molar-refractivity contribution in [1.82, 2.24) is 10.2 Å². The third-order valence-electron chi connectivity index (χ3n) is 7.19. The van der Waals surface area contributed by atoms with Crippen LogP contribution in [-0.4, -0.2) is 62.1 Å². The molecule has 1 aliphatic carbocycles. The number of rotatable bonds is 8. The van der Waals surface area contributed by atoms with Crippen LogP contribution in [0.5, 0.6) is 0 Å². The van der Waals surface area contributed by atoms with Crippen molar-refractivity contribution >= 4 is 39.0 Å². The van der Waals surface area contributed by atoms with Crippen molar-refractivity contribution < 1.29 is 27.5 Å². The Morgan fingerprint density at radius 3 is 2.50 bits per heavy atom. The monoisotopic (exact) mass is 525 g/mol. The molecule has 2 fully saturated rings. The Morgan fingerprint density at radius 2 is 1.83 bits per heavy atom. The number of hydrogen-bond acceptors (Lipinski definition) is 6. The summed E-state index contributed by atoms with van der Waals surface area (Å²) < 4.78 is 44.8. The van der Waals surface area contributed by atoms with Crippen molar-refractivity contribution in [2.24, 2.45) is 5.92 Å². The van der Waals surface area contributed by atoms with Crippen molar-refractivity contribution in [3.63, 3.8) is 0 Å². The first kappa shape index (κ1) is 26.7. The summed E-state index contributed by atoms with van der Waals surface area (Å²) in [6.45, 7) is 6.39. The number of nitrogens with one attached hydrogen (secondary N) is 1. The van der Waals surface area contributed by atoms with E-state index in [1.807, 2.05) is 12.3 Å². The quantitative estimate of drug-likeness (QED) is 0.488. The summed E-state index contributed by atoms with van der Waals surface area (Å²) in [6, 6.07) is 4.11. The first-order chi connectivity index (χ1) is 17.2. The number of halogens is 3. The molecule has 198 valence electrons. The fourth-order valence-corrected chi connectivity index (χ4v) is 6.15. The van der Waals surface area contributed by atoms with Crippen LogP contribution in [0.3, 0.4) is 0 Å². The molecule has 36 heavy (non-hydrogen) atoms. The number of thiophene rings is 1. The normalized spacial score (nSPS) is 21.5. The molecular formula is C26H34F3N3O3S. The van der Waals surface area contributed by atoms with Crippen LogP contribution in [0, 0.1) is 5.92 Å². The number of anilines is 1. The van der Waals surface area contributed by atoms with E-state index in [9.17, 15) is 22.8 Å². The van der Waals surface area contributed by atoms with Crippen molar-refractivity contribution in [2.45, 2.75) is 57.7 Å². The van der Waals surface area contributed by atoms with Gasteiger partial charge in [-0.05, 0) is 57.7 Å². The van der Waals surface area contributed by atoms with Gasteiger partial charge in [0.2, 0.25) is 5.91 Å². The van der Waals surface area contributed by atoms with E-state index in [0.29, 0.717) is 17.7 Å². The second-order valence-electron chi connectivity index (χ2n) is 9.63. The summed E-state index contributed by atoms with van der Waals surface area (Å²) in [6.07, 6.45) is 0.0800. The van der Waals surface area contributed by atoms with Crippen molar-refractivity contribution in [3.8, 4) is 0 Å². The molecule has 1 saturated carbocycles. The third-order valence-corrected chi connectivity index (χ3v) is 8.12. The molecule has 1 saturated heterocycles. The number of alkyl halides is 3. The molecule has 10 heteroatoms. The molecule has 0 unspecified atom stereocenters. The zero-order valence-corrected chi connectivity index (χ0v) is 21.4. The predicted octanol–water partition coefficient (Wildman–Crippen LogP) is 5.06. The highest BCUT2D eigenvalue weighted by molar-refractivity contribution is 7.17. The zero-order chi connectivity index (χ0) is 25.7. The van der Waals surface area contributed by atoms with Gasteiger partial charge in [-0.3, -0.25) is 14.5 Å². The van der Waals surface area contributed by atoms with Crippen molar-refractivity contribution in [3.05, 3.63) is 29.1 Å². The van der Waals surface area contributed by atoms with Gasteiger partial charge in [0.25, 0.3) is 0 Å². The van der Waals surface area contributed by atoms with Crippen molar-refractivity contribution in [2.75, 3.05) is 44.2 Å². The molecule has 4 rings (SSSR count). The molecule has 0 atom stereocenters. The second kappa shape index (κ2) is 11.8. The number of piperazine rings is 1. The maximum absolute atomic E-state index is 13.0. The van der Waals surface area contributed by atoms with Crippen LogP contribution >= 0.6 is 11.3 Å². The van der Waals surface area contributed by atoms with Gasteiger partial charge in [0.15, 0.2) is 0 Å². The van der Waals surface area contributed by atoms with Gasteiger partial charge >= 0.3 is 12.1 Å². The fourth-order valence-electron chi connectivity index (χ4n) is 5.14. The average molecular weight is 526 g/mol. The van der Waals surface area contributed by atoms with Gasteiger partial charge in [-0.2, -0.15) is 13.2 Å². The van der Waals surface area contributed by atoms with E-state index in [0.717, 1.165) is 82.0 Å². The molecule has 1 N–H and O–H groups in total. The van der Waals surface area contributed by atoms with Crippen LogP contribution in [0.1, 0.15) is 51.0 Å². The highest BCUT2D eigenvalue weighted by atomic mass is 32.1. The lowest BCUT2D eigenvalue weighted by molar-refractivity contribution is -0.149.